The molecule has 0 spiro atoms. The number of anilines is 1. The molecule has 2 atom stereocenters. The molecule has 2 amide bonds. The first-order chi connectivity index (χ1) is 12.9. The van der Waals surface area contributed by atoms with Gasteiger partial charge in [0, 0.05) is 31.6 Å². The minimum Gasteiger partial charge on any atom is -0.495 e. The van der Waals surface area contributed by atoms with Crippen molar-refractivity contribution < 1.29 is 28.6 Å². The number of esters is 1. The quantitative estimate of drug-likeness (QED) is 0.525. The van der Waals surface area contributed by atoms with E-state index in [1.165, 1.54) is 26.0 Å². The molecule has 0 saturated carbocycles. The third kappa shape index (κ3) is 5.33. The van der Waals surface area contributed by atoms with Gasteiger partial charge in [0.05, 0.1) is 25.3 Å². The molecule has 1 aromatic carbocycles. The summed E-state index contributed by atoms with van der Waals surface area (Å²) in [5.41, 5.74) is 0.496. The Morgan fingerprint density at radius 2 is 2.11 bits per heavy atom. The maximum atomic E-state index is 12.4. The van der Waals surface area contributed by atoms with E-state index < -0.39 is 23.9 Å². The topological polar surface area (TPSA) is 94.2 Å². The zero-order chi connectivity index (χ0) is 20.0. The lowest BCUT2D eigenvalue weighted by Crippen LogP contribution is -2.38. The van der Waals surface area contributed by atoms with Crippen LogP contribution in [0.1, 0.15) is 13.3 Å². The average Bonchev–Trinajstić information content (AvgIpc) is 3.03. The van der Waals surface area contributed by atoms with Crippen LogP contribution in [0, 0.1) is 5.92 Å². The molecular weight excluding hydrogens is 376 g/mol. The number of carbonyl (C=O) groups excluding carboxylic acids is 3. The van der Waals surface area contributed by atoms with Crippen LogP contribution in [0.5, 0.6) is 5.75 Å². The van der Waals surface area contributed by atoms with Crippen molar-refractivity contribution in [1.29, 1.82) is 0 Å². The van der Waals surface area contributed by atoms with Gasteiger partial charge < -0.3 is 24.4 Å². The summed E-state index contributed by atoms with van der Waals surface area (Å²) in [5, 5.41) is 3.04. The second-order valence-corrected chi connectivity index (χ2v) is 6.52. The number of benzene rings is 1. The molecule has 1 aliphatic heterocycles. The van der Waals surface area contributed by atoms with E-state index in [0.717, 1.165) is 0 Å². The molecule has 1 fully saturated rings. The van der Waals surface area contributed by atoms with Gasteiger partial charge in [-0.15, -0.1) is 0 Å². The van der Waals surface area contributed by atoms with Gasteiger partial charge in [-0.3, -0.25) is 14.4 Å². The summed E-state index contributed by atoms with van der Waals surface area (Å²) in [5.74, 6) is -1.45. The van der Waals surface area contributed by atoms with Gasteiger partial charge in [0.2, 0.25) is 5.91 Å². The minimum atomic E-state index is -0.959. The molecule has 0 unspecified atom stereocenters. The predicted molar refractivity (Wildman–Crippen MR) is 98.9 cm³/mol. The third-order valence-corrected chi connectivity index (χ3v) is 4.39. The van der Waals surface area contributed by atoms with Crippen LogP contribution in [-0.2, 0) is 23.9 Å². The molecule has 1 N–H and O–H groups in total. The number of carbonyl (C=O) groups is 3. The van der Waals surface area contributed by atoms with Crippen molar-refractivity contribution >= 4 is 35.1 Å². The first-order valence-corrected chi connectivity index (χ1v) is 8.86. The molecule has 0 radical (unpaired) electrons. The maximum absolute atomic E-state index is 12.4. The highest BCUT2D eigenvalue weighted by Crippen LogP contribution is 2.35. The van der Waals surface area contributed by atoms with Gasteiger partial charge in [-0.2, -0.15) is 0 Å². The van der Waals surface area contributed by atoms with E-state index in [-0.39, 0.29) is 18.9 Å². The van der Waals surface area contributed by atoms with E-state index in [4.69, 9.17) is 25.8 Å². The Morgan fingerprint density at radius 3 is 2.78 bits per heavy atom. The molecule has 1 heterocycles. The summed E-state index contributed by atoms with van der Waals surface area (Å²) in [6, 6.07) is 4.92. The van der Waals surface area contributed by atoms with Crippen molar-refractivity contribution in [3.05, 3.63) is 23.2 Å². The van der Waals surface area contributed by atoms with E-state index in [9.17, 15) is 14.4 Å². The van der Waals surface area contributed by atoms with Crippen molar-refractivity contribution in [2.75, 3.05) is 38.8 Å². The van der Waals surface area contributed by atoms with E-state index in [2.05, 4.69) is 5.32 Å². The summed E-state index contributed by atoms with van der Waals surface area (Å²) < 4.78 is 15.3. The van der Waals surface area contributed by atoms with E-state index in [1.54, 1.807) is 18.2 Å². The Hall–Kier alpha value is -2.32. The number of rotatable bonds is 8. The van der Waals surface area contributed by atoms with Gasteiger partial charge in [0.25, 0.3) is 5.91 Å². The molecule has 1 aliphatic rings. The lowest BCUT2D eigenvalue weighted by atomic mass is 10.1. The Balaban J connectivity index is 1.99. The van der Waals surface area contributed by atoms with Crippen LogP contribution < -0.4 is 15.0 Å². The molecule has 148 valence electrons. The number of nitrogens with one attached hydrogen (secondary N) is 1. The predicted octanol–water partition coefficient (Wildman–Crippen LogP) is 1.40. The fraction of sp³-hybridized carbons (Fsp3) is 0.500. The highest BCUT2D eigenvalue weighted by molar-refractivity contribution is 6.31. The van der Waals surface area contributed by atoms with Crippen molar-refractivity contribution in [1.82, 2.24) is 5.32 Å². The number of halogens is 1. The summed E-state index contributed by atoms with van der Waals surface area (Å²) in [7, 11) is 3.01. The highest BCUT2D eigenvalue weighted by Gasteiger charge is 2.38. The largest absolute Gasteiger partial charge is 0.495 e. The summed E-state index contributed by atoms with van der Waals surface area (Å²) in [4.78, 5) is 38.1. The van der Waals surface area contributed by atoms with Gasteiger partial charge >= 0.3 is 5.97 Å². The maximum Gasteiger partial charge on any atom is 0.312 e. The Bertz CT molecular complexity index is 711. The third-order valence-electron chi connectivity index (χ3n) is 4.16. The molecule has 0 aromatic heterocycles. The molecule has 0 aliphatic carbocycles. The smallest absolute Gasteiger partial charge is 0.312 e. The Kier molecular flexibility index (Phi) is 7.44. The second kappa shape index (κ2) is 9.57. The highest BCUT2D eigenvalue weighted by atomic mass is 35.5. The van der Waals surface area contributed by atoms with Gasteiger partial charge in [-0.05, 0) is 25.1 Å². The molecule has 0 bridgehead atoms. The van der Waals surface area contributed by atoms with Crippen LogP contribution in [0.3, 0.4) is 0 Å². The Morgan fingerprint density at radius 1 is 1.37 bits per heavy atom. The molecular formula is C18H23ClN2O6. The molecule has 2 rings (SSSR count). The monoisotopic (exact) mass is 398 g/mol. The number of ether oxygens (including phenoxy) is 3. The SMILES string of the molecule is COCCNC(=O)[C@H](C)OC(=O)[C@H]1CC(=O)N(c2cc(Cl)ccc2OC)C1. The number of nitrogens with zero attached hydrogens (tertiary/aromatic N) is 1. The van der Waals surface area contributed by atoms with Gasteiger partial charge in [-0.1, -0.05) is 11.6 Å². The van der Waals surface area contributed by atoms with Crippen LogP contribution in [-0.4, -0.2) is 57.8 Å². The fourth-order valence-electron chi connectivity index (χ4n) is 2.72. The average molecular weight is 399 g/mol. The van der Waals surface area contributed by atoms with Crippen LogP contribution in [0.2, 0.25) is 5.02 Å². The van der Waals surface area contributed by atoms with Crippen molar-refractivity contribution in [3.8, 4) is 5.75 Å². The van der Waals surface area contributed by atoms with Crippen molar-refractivity contribution in [2.45, 2.75) is 19.4 Å². The van der Waals surface area contributed by atoms with E-state index >= 15 is 0 Å². The number of hydrogen-bond acceptors (Lipinski definition) is 6. The van der Waals surface area contributed by atoms with Crippen molar-refractivity contribution in [2.24, 2.45) is 5.92 Å². The number of hydrogen-bond donors (Lipinski definition) is 1. The normalized spacial score (nSPS) is 17.6. The van der Waals surface area contributed by atoms with Crippen molar-refractivity contribution in [3.63, 3.8) is 0 Å². The zero-order valence-electron chi connectivity index (χ0n) is 15.5. The molecule has 9 heteroatoms. The first kappa shape index (κ1) is 21.0. The van der Waals surface area contributed by atoms with E-state index in [1.807, 2.05) is 0 Å². The Labute approximate surface area is 162 Å². The molecule has 8 nitrogen and oxygen atoms in total. The van der Waals surface area contributed by atoms with Gasteiger partial charge in [-0.25, -0.2) is 0 Å². The van der Waals surface area contributed by atoms with E-state index in [0.29, 0.717) is 29.6 Å². The van der Waals surface area contributed by atoms with Crippen LogP contribution in [0.15, 0.2) is 18.2 Å². The standard InChI is InChI=1S/C18H23ClN2O6/c1-11(17(23)20-6-7-25-2)27-18(24)12-8-16(22)21(10-12)14-9-13(19)4-5-15(14)26-3/h4-5,9,11-12H,6-8,10H2,1-3H3,(H,20,23)/t11-,12-/m0/s1. The molecule has 1 aromatic rings. The zero-order valence-corrected chi connectivity index (χ0v) is 16.2. The van der Waals surface area contributed by atoms with Gasteiger partial charge in [0.15, 0.2) is 6.10 Å². The lowest BCUT2D eigenvalue weighted by molar-refractivity contribution is -0.158. The summed E-state index contributed by atoms with van der Waals surface area (Å²) >= 11 is 6.02. The lowest BCUT2D eigenvalue weighted by Gasteiger charge is -2.20. The summed E-state index contributed by atoms with van der Waals surface area (Å²) in [6.45, 7) is 2.29. The summed E-state index contributed by atoms with van der Waals surface area (Å²) in [6.07, 6.45) is -0.966. The first-order valence-electron chi connectivity index (χ1n) is 8.48. The number of amides is 2. The van der Waals surface area contributed by atoms with Gasteiger partial charge in [0.1, 0.15) is 5.75 Å². The van der Waals surface area contributed by atoms with Crippen LogP contribution >= 0.6 is 11.6 Å². The molecule has 1 saturated heterocycles. The van der Waals surface area contributed by atoms with Crippen LogP contribution in [0.25, 0.3) is 0 Å². The number of methoxy groups -OCH3 is 2. The van der Waals surface area contributed by atoms with Crippen LogP contribution in [0.4, 0.5) is 5.69 Å². The molecule has 27 heavy (non-hydrogen) atoms. The second-order valence-electron chi connectivity index (χ2n) is 6.08. The fourth-order valence-corrected chi connectivity index (χ4v) is 2.88. The minimum absolute atomic E-state index is 0.00743.